The molecule has 2 atom stereocenters. The van der Waals surface area contributed by atoms with Crippen molar-refractivity contribution in [3.8, 4) is 11.1 Å². The van der Waals surface area contributed by atoms with Gasteiger partial charge in [-0.15, -0.1) is 0 Å². The third kappa shape index (κ3) is 4.85. The average molecular weight is 461 g/mol. The van der Waals surface area contributed by atoms with E-state index in [0.717, 1.165) is 17.0 Å². The molecule has 0 fully saturated rings. The minimum Gasteiger partial charge on any atom is -0.389 e. The van der Waals surface area contributed by atoms with Crippen molar-refractivity contribution in [2.24, 2.45) is 0 Å². The third-order valence-electron chi connectivity index (χ3n) is 5.23. The van der Waals surface area contributed by atoms with Gasteiger partial charge in [0, 0.05) is 40.8 Å². The van der Waals surface area contributed by atoms with E-state index in [2.05, 4.69) is 5.32 Å². The molecule has 0 saturated carbocycles. The van der Waals surface area contributed by atoms with Crippen LogP contribution < -0.4 is 5.32 Å². The first-order valence-corrected chi connectivity index (χ1v) is 9.62. The number of aromatic nitrogens is 1. The summed E-state index contributed by atoms with van der Waals surface area (Å²) in [6.07, 6.45) is 0.855. The summed E-state index contributed by atoms with van der Waals surface area (Å²) in [7, 11) is 1.72. The van der Waals surface area contributed by atoms with Crippen LogP contribution >= 0.6 is 13.5 Å². The first-order valence-electron chi connectivity index (χ1n) is 9.62. The van der Waals surface area contributed by atoms with Gasteiger partial charge in [0.15, 0.2) is 0 Å². The molecule has 3 aromatic carbocycles. The minimum absolute atomic E-state index is 0. The molecule has 0 amide bonds. The zero-order valence-corrected chi connectivity index (χ0v) is 17.8. The lowest BCUT2D eigenvalue weighted by molar-refractivity contribution is 0.132. The molecule has 7 heteroatoms. The number of benzene rings is 3. The highest BCUT2D eigenvalue weighted by atomic mass is 32.1. The van der Waals surface area contributed by atoms with E-state index in [1.807, 2.05) is 28.8 Å². The smallest absolute Gasteiger partial charge is 0.134 e. The lowest BCUT2D eigenvalue weighted by atomic mass is 10.0. The minimum atomic E-state index is -0.876. The average Bonchev–Trinajstić information content (AvgIpc) is 3.08. The number of hydrogen-bond donors (Lipinski definition) is 2. The lowest BCUT2D eigenvalue weighted by Gasteiger charge is -2.26. The number of fused-ring (bicyclic) bond motifs is 1. The van der Waals surface area contributed by atoms with Crippen molar-refractivity contribution in [3.05, 3.63) is 95.9 Å². The summed E-state index contributed by atoms with van der Waals surface area (Å²) in [5.41, 5.74) is 2.17. The highest BCUT2D eigenvalue weighted by Crippen LogP contribution is 2.36. The normalized spacial score (nSPS) is 12.7. The summed E-state index contributed by atoms with van der Waals surface area (Å²) in [6, 6.07) is 16.3. The molecule has 1 aromatic heterocycles. The quantitative estimate of drug-likeness (QED) is 0.391. The maximum absolute atomic E-state index is 14.6. The van der Waals surface area contributed by atoms with Gasteiger partial charge in [-0.3, -0.25) is 0 Å². The summed E-state index contributed by atoms with van der Waals surface area (Å²) in [5, 5.41) is 14.6. The SMILES string of the molecule is C.CNC[C@@H](O)[C@H](c1cccc(F)c1)n1cc(-c2ccc(F)cc2F)c2ccccc21.S. The number of hydrogen-bond acceptors (Lipinski definition) is 2. The van der Waals surface area contributed by atoms with Gasteiger partial charge in [-0.25, -0.2) is 13.2 Å². The van der Waals surface area contributed by atoms with Crippen molar-refractivity contribution in [1.82, 2.24) is 9.88 Å². The predicted octanol–water partition coefficient (Wildman–Crippen LogP) is 5.64. The van der Waals surface area contributed by atoms with Crippen LogP contribution in [0, 0.1) is 17.5 Å². The molecule has 0 radical (unpaired) electrons. The monoisotopic (exact) mass is 460 g/mol. The molecule has 3 nitrogen and oxygen atoms in total. The topological polar surface area (TPSA) is 37.2 Å². The molecule has 4 aromatic rings. The molecule has 1 heterocycles. The van der Waals surface area contributed by atoms with Gasteiger partial charge < -0.3 is 15.0 Å². The molecule has 0 aliphatic rings. The fourth-order valence-corrected chi connectivity index (χ4v) is 3.94. The highest BCUT2D eigenvalue weighted by Gasteiger charge is 2.26. The lowest BCUT2D eigenvalue weighted by Crippen LogP contribution is -2.33. The Morgan fingerprint density at radius 1 is 0.906 bits per heavy atom. The van der Waals surface area contributed by atoms with Crippen molar-refractivity contribution in [1.29, 1.82) is 0 Å². The highest BCUT2D eigenvalue weighted by molar-refractivity contribution is 7.59. The maximum Gasteiger partial charge on any atom is 0.134 e. The van der Waals surface area contributed by atoms with E-state index < -0.39 is 29.6 Å². The molecule has 170 valence electrons. The molecule has 0 aliphatic carbocycles. The fraction of sp³-hybridized carbons (Fsp3) is 0.200. The zero-order chi connectivity index (χ0) is 21.3. The van der Waals surface area contributed by atoms with Crippen LogP contribution in [-0.2, 0) is 0 Å². The Bertz CT molecular complexity index is 1190. The Balaban J connectivity index is 0.00000181. The maximum atomic E-state index is 14.6. The van der Waals surface area contributed by atoms with E-state index >= 15 is 0 Å². The van der Waals surface area contributed by atoms with Crippen molar-refractivity contribution >= 4 is 24.4 Å². The van der Waals surface area contributed by atoms with Crippen LogP contribution in [0.3, 0.4) is 0 Å². The van der Waals surface area contributed by atoms with Gasteiger partial charge in [0.1, 0.15) is 17.5 Å². The molecular formula is C25H27F3N2OS. The number of likely N-dealkylation sites (N-methyl/N-ethyl adjacent to an activating group) is 1. The molecular weight excluding hydrogens is 433 g/mol. The van der Waals surface area contributed by atoms with Crippen LogP contribution in [0.1, 0.15) is 19.0 Å². The van der Waals surface area contributed by atoms with Crippen molar-refractivity contribution in [3.63, 3.8) is 0 Å². The number of para-hydroxylation sites is 1. The number of halogens is 3. The summed E-state index contributed by atoms with van der Waals surface area (Å²) in [5.74, 6) is -1.73. The third-order valence-corrected chi connectivity index (χ3v) is 5.23. The van der Waals surface area contributed by atoms with E-state index in [1.165, 1.54) is 24.3 Å². The largest absolute Gasteiger partial charge is 0.389 e. The molecule has 0 unspecified atom stereocenters. The Labute approximate surface area is 193 Å². The van der Waals surface area contributed by atoms with Gasteiger partial charge in [-0.1, -0.05) is 37.8 Å². The van der Waals surface area contributed by atoms with Crippen LogP contribution in [0.25, 0.3) is 22.0 Å². The Morgan fingerprint density at radius 2 is 1.62 bits per heavy atom. The van der Waals surface area contributed by atoms with Crippen LogP contribution in [0.4, 0.5) is 13.2 Å². The van der Waals surface area contributed by atoms with E-state index in [0.29, 0.717) is 11.1 Å². The van der Waals surface area contributed by atoms with Gasteiger partial charge >= 0.3 is 0 Å². The van der Waals surface area contributed by atoms with Crippen LogP contribution in [0.15, 0.2) is 72.9 Å². The van der Waals surface area contributed by atoms with Gasteiger partial charge in [0.2, 0.25) is 0 Å². The van der Waals surface area contributed by atoms with E-state index in [9.17, 15) is 18.3 Å². The zero-order valence-electron chi connectivity index (χ0n) is 16.8. The second-order valence-electron chi connectivity index (χ2n) is 7.22. The second kappa shape index (κ2) is 10.7. The van der Waals surface area contributed by atoms with Crippen LogP contribution in [0.5, 0.6) is 0 Å². The molecule has 4 rings (SSSR count). The Kier molecular flexibility index (Phi) is 8.55. The number of aliphatic hydroxyl groups excluding tert-OH is 1. The fourth-order valence-electron chi connectivity index (χ4n) is 3.94. The molecule has 32 heavy (non-hydrogen) atoms. The number of aliphatic hydroxyl groups is 1. The number of rotatable bonds is 6. The second-order valence-corrected chi connectivity index (χ2v) is 7.22. The van der Waals surface area contributed by atoms with E-state index in [1.54, 1.807) is 25.4 Å². The molecule has 2 N–H and O–H groups in total. The molecule has 0 spiro atoms. The molecule has 0 bridgehead atoms. The first-order chi connectivity index (χ1) is 14.5. The number of nitrogens with zero attached hydrogens (tertiary/aromatic N) is 1. The Hall–Kier alpha value is -2.74. The predicted molar refractivity (Wildman–Crippen MR) is 129 cm³/mol. The van der Waals surface area contributed by atoms with Gasteiger partial charge in [-0.05, 0) is 42.9 Å². The van der Waals surface area contributed by atoms with E-state index in [4.69, 9.17) is 0 Å². The molecule has 0 saturated heterocycles. The molecule has 0 aliphatic heterocycles. The van der Waals surface area contributed by atoms with Gasteiger partial charge in [0.25, 0.3) is 0 Å². The number of nitrogens with one attached hydrogen (secondary N) is 1. The summed E-state index contributed by atoms with van der Waals surface area (Å²) in [4.78, 5) is 0. The van der Waals surface area contributed by atoms with E-state index in [-0.39, 0.29) is 33.0 Å². The Morgan fingerprint density at radius 3 is 2.31 bits per heavy atom. The summed E-state index contributed by atoms with van der Waals surface area (Å²) in [6.45, 7) is 0.272. The van der Waals surface area contributed by atoms with Crippen molar-refractivity contribution in [2.75, 3.05) is 13.6 Å². The first kappa shape index (κ1) is 25.5. The standard InChI is InChI=1S/C24H21F3N2O.CH4.H2S/c1-28-13-23(30)24(15-5-4-6-16(25)11-15)29-14-20(19-7-2-3-8-22(19)29)18-10-9-17(26)12-21(18)27;;/h2-12,14,23-24,28,30H,13H2,1H3;1H4;1H2/t23-,24+;;/m1../s1. The van der Waals surface area contributed by atoms with Crippen molar-refractivity contribution in [2.45, 2.75) is 19.6 Å². The van der Waals surface area contributed by atoms with Crippen LogP contribution in [0.2, 0.25) is 0 Å². The summed E-state index contributed by atoms with van der Waals surface area (Å²) < 4.78 is 43.8. The summed E-state index contributed by atoms with van der Waals surface area (Å²) >= 11 is 0. The van der Waals surface area contributed by atoms with Gasteiger partial charge in [0.05, 0.1) is 12.1 Å². The van der Waals surface area contributed by atoms with Crippen molar-refractivity contribution < 1.29 is 18.3 Å². The van der Waals surface area contributed by atoms with Gasteiger partial charge in [-0.2, -0.15) is 13.5 Å². The van der Waals surface area contributed by atoms with Crippen LogP contribution in [-0.4, -0.2) is 29.4 Å².